The summed E-state index contributed by atoms with van der Waals surface area (Å²) in [6.07, 6.45) is -2.43. The first kappa shape index (κ1) is 14.4. The molecule has 0 bridgehead atoms. The van der Waals surface area contributed by atoms with E-state index in [2.05, 4.69) is 10.6 Å². The van der Waals surface area contributed by atoms with Crippen LogP contribution in [0, 0.1) is 5.92 Å². The number of rotatable bonds is 5. The highest BCUT2D eigenvalue weighted by Crippen LogP contribution is 2.18. The minimum absolute atomic E-state index is 0.103. The van der Waals surface area contributed by atoms with Crippen LogP contribution in [0.1, 0.15) is 20.8 Å². The first-order valence-corrected chi connectivity index (χ1v) is 5.85. The Kier molecular flexibility index (Phi) is 5.07. The van der Waals surface area contributed by atoms with Gasteiger partial charge >= 0.3 is 0 Å². The average molecular weight is 256 g/mol. The van der Waals surface area contributed by atoms with Crippen LogP contribution in [0.4, 0.5) is 20.2 Å². The molecule has 1 amide bonds. The van der Waals surface area contributed by atoms with E-state index in [9.17, 15) is 13.6 Å². The van der Waals surface area contributed by atoms with Gasteiger partial charge in [0, 0.05) is 17.3 Å². The van der Waals surface area contributed by atoms with Gasteiger partial charge in [-0.2, -0.15) is 0 Å². The second-order valence-electron chi connectivity index (χ2n) is 4.49. The average Bonchev–Trinajstić information content (AvgIpc) is 2.29. The Morgan fingerprint density at radius 2 is 1.78 bits per heavy atom. The molecule has 0 aliphatic carbocycles. The maximum absolute atomic E-state index is 12.4. The van der Waals surface area contributed by atoms with Crippen molar-refractivity contribution in [2.75, 3.05) is 10.6 Å². The second kappa shape index (κ2) is 6.33. The van der Waals surface area contributed by atoms with Gasteiger partial charge in [0.1, 0.15) is 0 Å². The van der Waals surface area contributed by atoms with E-state index in [1.54, 1.807) is 38.1 Å². The molecule has 18 heavy (non-hydrogen) atoms. The second-order valence-corrected chi connectivity index (χ2v) is 4.49. The zero-order valence-electron chi connectivity index (χ0n) is 10.7. The van der Waals surface area contributed by atoms with E-state index >= 15 is 0 Å². The number of halogens is 2. The molecule has 0 radical (unpaired) electrons. The number of anilines is 2. The molecule has 1 aromatic rings. The van der Waals surface area contributed by atoms with Crippen LogP contribution in [-0.4, -0.2) is 18.4 Å². The van der Waals surface area contributed by atoms with E-state index in [1.165, 1.54) is 6.92 Å². The summed E-state index contributed by atoms with van der Waals surface area (Å²) >= 11 is 0. The quantitative estimate of drug-likeness (QED) is 0.848. The number of nitrogens with one attached hydrogen (secondary N) is 2. The summed E-state index contributed by atoms with van der Waals surface area (Å²) in [5, 5.41) is 5.40. The molecule has 0 heterocycles. The summed E-state index contributed by atoms with van der Waals surface area (Å²) < 4.78 is 24.8. The van der Waals surface area contributed by atoms with Crippen LogP contribution in [0.15, 0.2) is 24.3 Å². The van der Waals surface area contributed by atoms with Crippen LogP contribution >= 0.6 is 0 Å². The Labute approximate surface area is 106 Å². The van der Waals surface area contributed by atoms with E-state index in [4.69, 9.17) is 0 Å². The van der Waals surface area contributed by atoms with Gasteiger partial charge in [0.05, 0.1) is 6.04 Å². The molecule has 100 valence electrons. The highest BCUT2D eigenvalue weighted by atomic mass is 19.3. The van der Waals surface area contributed by atoms with Crippen LogP contribution in [0.25, 0.3) is 0 Å². The molecule has 0 aromatic heterocycles. The van der Waals surface area contributed by atoms with E-state index in [1.807, 2.05) is 0 Å². The summed E-state index contributed by atoms with van der Waals surface area (Å²) in [5.41, 5.74) is 1.16. The molecule has 1 atom stereocenters. The molecular formula is C13H18F2N2O. The largest absolute Gasteiger partial charge is 0.377 e. The predicted molar refractivity (Wildman–Crippen MR) is 69.0 cm³/mol. The molecule has 2 N–H and O–H groups in total. The van der Waals surface area contributed by atoms with Gasteiger partial charge in [0.2, 0.25) is 5.91 Å². The molecule has 1 rings (SSSR count). The third-order valence-electron chi connectivity index (χ3n) is 2.43. The molecule has 0 saturated heterocycles. The normalized spacial score (nSPS) is 12.6. The lowest BCUT2D eigenvalue weighted by atomic mass is 10.2. The highest BCUT2D eigenvalue weighted by molar-refractivity contribution is 5.92. The first-order valence-electron chi connectivity index (χ1n) is 5.85. The van der Waals surface area contributed by atoms with E-state index in [0.29, 0.717) is 11.4 Å². The van der Waals surface area contributed by atoms with Gasteiger partial charge in [0.25, 0.3) is 6.43 Å². The number of carbonyl (C=O) groups is 1. The van der Waals surface area contributed by atoms with Crippen LogP contribution in [-0.2, 0) is 4.79 Å². The summed E-state index contributed by atoms with van der Waals surface area (Å²) in [7, 11) is 0. The number of alkyl halides is 2. The molecule has 0 aliphatic rings. The summed E-state index contributed by atoms with van der Waals surface area (Å²) in [4.78, 5) is 11.5. The Balaban J connectivity index is 2.70. The van der Waals surface area contributed by atoms with Gasteiger partial charge < -0.3 is 10.6 Å². The van der Waals surface area contributed by atoms with Crippen LogP contribution in [0.3, 0.4) is 0 Å². The Morgan fingerprint density at radius 1 is 1.17 bits per heavy atom. The highest BCUT2D eigenvalue weighted by Gasteiger charge is 2.14. The minimum atomic E-state index is -2.43. The number of hydrogen-bond acceptors (Lipinski definition) is 2. The van der Waals surface area contributed by atoms with Gasteiger partial charge in [-0.3, -0.25) is 4.79 Å². The van der Waals surface area contributed by atoms with Crippen molar-refractivity contribution in [3.05, 3.63) is 24.3 Å². The van der Waals surface area contributed by atoms with Gasteiger partial charge in [-0.05, 0) is 25.1 Å². The fourth-order valence-electron chi connectivity index (χ4n) is 1.30. The fraction of sp³-hybridized carbons (Fsp3) is 0.462. The van der Waals surface area contributed by atoms with Crippen molar-refractivity contribution in [1.82, 2.24) is 0 Å². The van der Waals surface area contributed by atoms with Crippen molar-refractivity contribution in [2.45, 2.75) is 33.2 Å². The topological polar surface area (TPSA) is 41.1 Å². The lowest BCUT2D eigenvalue weighted by Gasteiger charge is -2.15. The molecular weight excluding hydrogens is 238 g/mol. The number of amides is 1. The predicted octanol–water partition coefficient (Wildman–Crippen LogP) is 3.35. The monoisotopic (exact) mass is 256 g/mol. The molecule has 0 aliphatic heterocycles. The Hall–Kier alpha value is -1.65. The molecule has 0 spiro atoms. The maximum Gasteiger partial charge on any atom is 0.258 e. The zero-order valence-corrected chi connectivity index (χ0v) is 10.7. The fourth-order valence-corrected chi connectivity index (χ4v) is 1.30. The molecule has 0 saturated carbocycles. The zero-order chi connectivity index (χ0) is 13.7. The van der Waals surface area contributed by atoms with Crippen LogP contribution in [0.5, 0.6) is 0 Å². The van der Waals surface area contributed by atoms with E-state index in [-0.39, 0.29) is 11.8 Å². The molecule has 1 aromatic carbocycles. The van der Waals surface area contributed by atoms with Crippen molar-refractivity contribution in [3.8, 4) is 0 Å². The van der Waals surface area contributed by atoms with Gasteiger partial charge in [-0.25, -0.2) is 8.78 Å². The number of hydrogen-bond donors (Lipinski definition) is 2. The van der Waals surface area contributed by atoms with Gasteiger partial charge in [-0.1, -0.05) is 19.9 Å². The number of benzene rings is 1. The summed E-state index contributed by atoms with van der Waals surface area (Å²) in [5.74, 6) is -0.226. The lowest BCUT2D eigenvalue weighted by molar-refractivity contribution is -0.118. The van der Waals surface area contributed by atoms with Crippen molar-refractivity contribution < 1.29 is 13.6 Å². The number of carbonyl (C=O) groups excluding carboxylic acids is 1. The lowest BCUT2D eigenvalue weighted by Crippen LogP contribution is -2.24. The van der Waals surface area contributed by atoms with Crippen molar-refractivity contribution in [1.29, 1.82) is 0 Å². The van der Waals surface area contributed by atoms with Gasteiger partial charge in [0.15, 0.2) is 0 Å². The SMILES string of the molecule is CC(C)C(=O)Nc1cccc(NC(C)C(F)F)c1. The van der Waals surface area contributed by atoms with Crippen molar-refractivity contribution in [3.63, 3.8) is 0 Å². The Bertz CT molecular complexity index is 408. The smallest absolute Gasteiger partial charge is 0.258 e. The van der Waals surface area contributed by atoms with E-state index in [0.717, 1.165) is 0 Å². The third-order valence-corrected chi connectivity index (χ3v) is 2.43. The molecule has 5 heteroatoms. The molecule has 1 unspecified atom stereocenters. The van der Waals surface area contributed by atoms with Crippen LogP contribution in [0.2, 0.25) is 0 Å². The summed E-state index contributed by atoms with van der Waals surface area (Å²) in [6, 6.07) is 5.82. The van der Waals surface area contributed by atoms with Gasteiger partial charge in [-0.15, -0.1) is 0 Å². The minimum Gasteiger partial charge on any atom is -0.377 e. The van der Waals surface area contributed by atoms with E-state index < -0.39 is 12.5 Å². The Morgan fingerprint density at radius 3 is 2.33 bits per heavy atom. The van der Waals surface area contributed by atoms with Crippen LogP contribution < -0.4 is 10.6 Å². The van der Waals surface area contributed by atoms with Crippen molar-refractivity contribution >= 4 is 17.3 Å². The van der Waals surface area contributed by atoms with Crippen molar-refractivity contribution in [2.24, 2.45) is 5.92 Å². The summed E-state index contributed by atoms with van der Waals surface area (Å²) in [6.45, 7) is 4.98. The molecule has 3 nitrogen and oxygen atoms in total. The maximum atomic E-state index is 12.4. The molecule has 0 fully saturated rings. The first-order chi connectivity index (χ1) is 8.40. The standard InChI is InChI=1S/C13H18F2N2O/c1-8(2)13(18)17-11-6-4-5-10(7-11)16-9(3)12(14)15/h4-9,12,16H,1-3H3,(H,17,18). The third kappa shape index (κ3) is 4.31.